The highest BCUT2D eigenvalue weighted by molar-refractivity contribution is 6.39. The smallest absolute Gasteiger partial charge is 0.166 e. The molecule has 3 heteroatoms. The average molecular weight is 299 g/mol. The van der Waals surface area contributed by atoms with Crippen molar-refractivity contribution in [3.63, 3.8) is 0 Å². The predicted molar refractivity (Wildman–Crippen MR) is 81.1 cm³/mol. The number of carbonyl (C=O) groups is 1. The lowest BCUT2D eigenvalue weighted by molar-refractivity contribution is 0.0898. The molecular formula is C16H20Cl2O. The third-order valence-corrected chi connectivity index (χ3v) is 5.19. The zero-order valence-corrected chi connectivity index (χ0v) is 13.0. The van der Waals surface area contributed by atoms with Crippen molar-refractivity contribution in [1.82, 2.24) is 0 Å². The molecule has 0 aliphatic heterocycles. The molecule has 1 aliphatic carbocycles. The Hall–Kier alpha value is -0.530. The summed E-state index contributed by atoms with van der Waals surface area (Å²) in [6.07, 6.45) is 4.20. The highest BCUT2D eigenvalue weighted by Gasteiger charge is 2.29. The summed E-state index contributed by atoms with van der Waals surface area (Å²) in [6, 6.07) is 5.23. The van der Waals surface area contributed by atoms with Gasteiger partial charge in [0.1, 0.15) is 0 Å². The van der Waals surface area contributed by atoms with Gasteiger partial charge in [-0.2, -0.15) is 0 Å². The molecule has 0 radical (unpaired) electrons. The molecular weight excluding hydrogens is 279 g/mol. The Balaban J connectivity index is 2.13. The first kappa shape index (κ1) is 14.9. The van der Waals surface area contributed by atoms with Gasteiger partial charge < -0.3 is 0 Å². The first-order valence-electron chi connectivity index (χ1n) is 6.98. The lowest BCUT2D eigenvalue weighted by atomic mass is 9.71. The van der Waals surface area contributed by atoms with E-state index in [1.165, 1.54) is 12.8 Å². The number of hydrogen-bond donors (Lipinski definition) is 0. The Morgan fingerprint density at radius 2 is 1.84 bits per heavy atom. The molecule has 19 heavy (non-hydrogen) atoms. The maximum absolute atomic E-state index is 12.4. The third-order valence-electron chi connectivity index (χ3n) is 4.56. The van der Waals surface area contributed by atoms with Gasteiger partial charge in [-0.3, -0.25) is 4.79 Å². The van der Waals surface area contributed by atoms with Gasteiger partial charge in [0.05, 0.1) is 15.6 Å². The van der Waals surface area contributed by atoms with Crippen LogP contribution in [-0.4, -0.2) is 5.78 Å². The molecule has 3 atom stereocenters. The van der Waals surface area contributed by atoms with Crippen molar-refractivity contribution in [2.75, 3.05) is 0 Å². The fourth-order valence-corrected chi connectivity index (χ4v) is 3.69. The molecule has 2 rings (SSSR count). The summed E-state index contributed by atoms with van der Waals surface area (Å²) in [6.45, 7) is 4.54. The molecule has 1 saturated carbocycles. The van der Waals surface area contributed by atoms with Gasteiger partial charge in [0.25, 0.3) is 0 Å². The monoisotopic (exact) mass is 298 g/mol. The molecule has 1 fully saturated rings. The number of halogens is 2. The van der Waals surface area contributed by atoms with Crippen molar-refractivity contribution in [3.05, 3.63) is 33.8 Å². The maximum atomic E-state index is 12.4. The Morgan fingerprint density at radius 1 is 1.21 bits per heavy atom. The second-order valence-corrected chi connectivity index (χ2v) is 6.57. The molecule has 104 valence electrons. The Bertz CT molecular complexity index is 450. The number of carbonyl (C=O) groups excluding carboxylic acids is 1. The van der Waals surface area contributed by atoms with Gasteiger partial charge >= 0.3 is 0 Å². The largest absolute Gasteiger partial charge is 0.294 e. The standard InChI is InChI=1S/C16H20Cl2O/c1-10-5-3-6-12(11(10)2)9-15(19)16-13(17)7-4-8-14(16)18/h4,7-8,10-12H,3,5-6,9H2,1-2H3. The summed E-state index contributed by atoms with van der Waals surface area (Å²) < 4.78 is 0. The van der Waals surface area contributed by atoms with Crippen LogP contribution in [0.4, 0.5) is 0 Å². The van der Waals surface area contributed by atoms with E-state index in [2.05, 4.69) is 13.8 Å². The molecule has 1 aliphatic rings. The minimum absolute atomic E-state index is 0.0848. The van der Waals surface area contributed by atoms with E-state index in [9.17, 15) is 4.79 Å². The fourth-order valence-electron chi connectivity index (χ4n) is 3.08. The number of rotatable bonds is 3. The van der Waals surface area contributed by atoms with Gasteiger partial charge in [-0.05, 0) is 36.3 Å². The molecule has 1 aromatic rings. The van der Waals surface area contributed by atoms with Crippen LogP contribution in [0, 0.1) is 17.8 Å². The topological polar surface area (TPSA) is 17.1 Å². The molecule has 1 aromatic carbocycles. The summed E-state index contributed by atoms with van der Waals surface area (Å²) >= 11 is 12.2. The van der Waals surface area contributed by atoms with E-state index in [1.807, 2.05) is 0 Å². The average Bonchev–Trinajstić information content (AvgIpc) is 2.35. The van der Waals surface area contributed by atoms with Crippen molar-refractivity contribution < 1.29 is 4.79 Å². The molecule has 0 spiro atoms. The lowest BCUT2D eigenvalue weighted by Crippen LogP contribution is -2.26. The van der Waals surface area contributed by atoms with E-state index >= 15 is 0 Å². The van der Waals surface area contributed by atoms with Crippen LogP contribution in [0.3, 0.4) is 0 Å². The molecule has 0 N–H and O–H groups in total. The summed E-state index contributed by atoms with van der Waals surface area (Å²) in [7, 11) is 0. The SMILES string of the molecule is CC1CCCC(CC(=O)c2c(Cl)cccc2Cl)C1C. The number of ketones is 1. The molecule has 0 heterocycles. The Labute approximate surface area is 125 Å². The lowest BCUT2D eigenvalue weighted by Gasteiger charge is -2.33. The van der Waals surface area contributed by atoms with E-state index in [4.69, 9.17) is 23.2 Å². The molecule has 3 unspecified atom stereocenters. The number of Topliss-reactive ketones (excluding diaryl/α,β-unsaturated/α-hetero) is 1. The van der Waals surface area contributed by atoms with Gasteiger partial charge in [-0.15, -0.1) is 0 Å². The van der Waals surface area contributed by atoms with Crippen LogP contribution in [0.2, 0.25) is 10.0 Å². The Kier molecular flexibility index (Phi) is 4.92. The second kappa shape index (κ2) is 6.28. The summed E-state index contributed by atoms with van der Waals surface area (Å²) in [5.74, 6) is 1.84. The van der Waals surface area contributed by atoms with Gasteiger partial charge in [0, 0.05) is 6.42 Å². The van der Waals surface area contributed by atoms with Crippen LogP contribution in [0.5, 0.6) is 0 Å². The van der Waals surface area contributed by atoms with Gasteiger partial charge in [-0.1, -0.05) is 56.0 Å². The summed E-state index contributed by atoms with van der Waals surface area (Å²) in [4.78, 5) is 12.4. The quantitative estimate of drug-likeness (QED) is 0.660. The van der Waals surface area contributed by atoms with Crippen LogP contribution in [0.15, 0.2) is 18.2 Å². The molecule has 1 nitrogen and oxygen atoms in total. The van der Waals surface area contributed by atoms with Gasteiger partial charge in [0.15, 0.2) is 5.78 Å². The highest BCUT2D eigenvalue weighted by Crippen LogP contribution is 2.37. The molecule has 0 saturated heterocycles. The van der Waals surface area contributed by atoms with Crippen molar-refractivity contribution in [3.8, 4) is 0 Å². The first-order chi connectivity index (χ1) is 9.00. The van der Waals surface area contributed by atoms with E-state index in [0.29, 0.717) is 39.8 Å². The normalized spacial score (nSPS) is 27.3. The van der Waals surface area contributed by atoms with Crippen LogP contribution in [0.1, 0.15) is 49.9 Å². The molecule has 0 aromatic heterocycles. The van der Waals surface area contributed by atoms with Crippen molar-refractivity contribution in [1.29, 1.82) is 0 Å². The van der Waals surface area contributed by atoms with Crippen molar-refractivity contribution in [2.24, 2.45) is 17.8 Å². The van der Waals surface area contributed by atoms with E-state index < -0.39 is 0 Å². The third kappa shape index (κ3) is 3.32. The van der Waals surface area contributed by atoms with Crippen LogP contribution in [0.25, 0.3) is 0 Å². The second-order valence-electron chi connectivity index (χ2n) is 5.75. The van der Waals surface area contributed by atoms with Crippen molar-refractivity contribution in [2.45, 2.75) is 39.5 Å². The fraction of sp³-hybridized carbons (Fsp3) is 0.562. The van der Waals surface area contributed by atoms with Crippen LogP contribution < -0.4 is 0 Å². The van der Waals surface area contributed by atoms with E-state index in [1.54, 1.807) is 18.2 Å². The van der Waals surface area contributed by atoms with Crippen LogP contribution in [-0.2, 0) is 0 Å². The van der Waals surface area contributed by atoms with Crippen molar-refractivity contribution >= 4 is 29.0 Å². The zero-order valence-electron chi connectivity index (χ0n) is 11.5. The predicted octanol–water partition coefficient (Wildman–Crippen LogP) is 5.64. The molecule has 0 amide bonds. The Morgan fingerprint density at radius 3 is 2.47 bits per heavy atom. The maximum Gasteiger partial charge on any atom is 0.166 e. The summed E-state index contributed by atoms with van der Waals surface area (Å²) in [5, 5.41) is 0.933. The first-order valence-corrected chi connectivity index (χ1v) is 7.73. The minimum Gasteiger partial charge on any atom is -0.294 e. The molecule has 0 bridgehead atoms. The number of benzene rings is 1. The van der Waals surface area contributed by atoms with E-state index in [0.717, 1.165) is 6.42 Å². The van der Waals surface area contributed by atoms with Gasteiger partial charge in [-0.25, -0.2) is 0 Å². The minimum atomic E-state index is 0.0848. The summed E-state index contributed by atoms with van der Waals surface area (Å²) in [5.41, 5.74) is 0.497. The van der Waals surface area contributed by atoms with Crippen LogP contribution >= 0.6 is 23.2 Å². The highest BCUT2D eigenvalue weighted by atomic mass is 35.5. The number of hydrogen-bond acceptors (Lipinski definition) is 1. The van der Waals surface area contributed by atoms with Gasteiger partial charge in [0.2, 0.25) is 0 Å². The van der Waals surface area contributed by atoms with E-state index in [-0.39, 0.29) is 5.78 Å². The zero-order chi connectivity index (χ0) is 14.0.